The van der Waals surface area contributed by atoms with E-state index in [9.17, 15) is 27.9 Å². The molecule has 2 N–H and O–H groups in total. The number of halogens is 5. The molecule has 0 saturated heterocycles. The lowest BCUT2D eigenvalue weighted by Gasteiger charge is -2.19. The summed E-state index contributed by atoms with van der Waals surface area (Å²) in [7, 11) is 0. The number of aliphatic hydroxyl groups is 1. The van der Waals surface area contributed by atoms with Gasteiger partial charge in [0.2, 0.25) is 5.88 Å². The number of amides is 1. The molecule has 0 spiro atoms. The molecule has 3 heterocycles. The number of anilines is 1. The SMILES string of the molecule is CCn1c(CO)nn(-c2nc(O[C@@H](C)C(F)(F)F)c(C(=O)Nc3ccc(C)nc3Cl)cc2F)c1=O. The van der Waals surface area contributed by atoms with Crippen LogP contribution in [0.4, 0.5) is 23.2 Å². The molecule has 188 valence electrons. The first-order chi connectivity index (χ1) is 16.4. The number of aromatic nitrogens is 5. The van der Waals surface area contributed by atoms with Crippen molar-refractivity contribution in [2.24, 2.45) is 0 Å². The fourth-order valence-electron chi connectivity index (χ4n) is 2.92. The number of carbonyl (C=O) groups is 1. The number of hydrogen-bond donors (Lipinski definition) is 2. The molecule has 0 bridgehead atoms. The number of nitrogens with zero attached hydrogens (tertiary/aromatic N) is 5. The van der Waals surface area contributed by atoms with Crippen molar-refractivity contribution in [2.45, 2.75) is 46.2 Å². The van der Waals surface area contributed by atoms with Crippen LogP contribution in [0.5, 0.6) is 5.88 Å². The molecular formula is C20H19ClF4N6O4. The molecule has 0 unspecified atom stereocenters. The average molecular weight is 519 g/mol. The van der Waals surface area contributed by atoms with Crippen LogP contribution in [-0.2, 0) is 13.2 Å². The second-order valence-corrected chi connectivity index (χ2v) is 7.56. The molecule has 3 aromatic rings. The highest BCUT2D eigenvalue weighted by atomic mass is 35.5. The molecule has 3 rings (SSSR count). The van der Waals surface area contributed by atoms with Gasteiger partial charge < -0.3 is 15.2 Å². The van der Waals surface area contributed by atoms with Crippen LogP contribution in [0.1, 0.15) is 35.7 Å². The lowest BCUT2D eigenvalue weighted by atomic mass is 10.2. The van der Waals surface area contributed by atoms with Gasteiger partial charge in [0, 0.05) is 12.2 Å². The van der Waals surface area contributed by atoms with Crippen LogP contribution in [0.25, 0.3) is 5.82 Å². The number of hydrogen-bond acceptors (Lipinski definition) is 7. The van der Waals surface area contributed by atoms with E-state index in [1.807, 2.05) is 0 Å². The summed E-state index contributed by atoms with van der Waals surface area (Å²) in [5.41, 5.74) is -1.07. The predicted molar refractivity (Wildman–Crippen MR) is 115 cm³/mol. The van der Waals surface area contributed by atoms with Crippen molar-refractivity contribution >= 4 is 23.2 Å². The first-order valence-corrected chi connectivity index (χ1v) is 10.4. The number of aryl methyl sites for hydroxylation is 1. The monoisotopic (exact) mass is 518 g/mol. The second kappa shape index (κ2) is 10.00. The molecule has 1 amide bonds. The van der Waals surface area contributed by atoms with Gasteiger partial charge in [-0.05, 0) is 39.0 Å². The minimum atomic E-state index is -4.85. The van der Waals surface area contributed by atoms with Crippen LogP contribution in [0.15, 0.2) is 23.0 Å². The van der Waals surface area contributed by atoms with Gasteiger partial charge in [-0.1, -0.05) is 11.6 Å². The first kappa shape index (κ1) is 26.1. The Morgan fingerprint density at radius 2 is 2.00 bits per heavy atom. The number of alkyl halides is 3. The molecule has 0 aromatic carbocycles. The minimum Gasteiger partial charge on any atom is -0.464 e. The summed E-state index contributed by atoms with van der Waals surface area (Å²) in [6, 6.07) is 3.47. The second-order valence-electron chi connectivity index (χ2n) is 7.21. The third kappa shape index (κ3) is 5.43. The van der Waals surface area contributed by atoms with Gasteiger partial charge in [0.1, 0.15) is 12.2 Å². The van der Waals surface area contributed by atoms with E-state index in [1.54, 1.807) is 13.8 Å². The van der Waals surface area contributed by atoms with Crippen molar-refractivity contribution in [2.75, 3.05) is 5.32 Å². The number of carbonyl (C=O) groups excluding carboxylic acids is 1. The molecule has 0 saturated carbocycles. The summed E-state index contributed by atoms with van der Waals surface area (Å²) >= 11 is 5.98. The molecule has 0 aliphatic rings. The highest BCUT2D eigenvalue weighted by Crippen LogP contribution is 2.29. The van der Waals surface area contributed by atoms with Crippen LogP contribution >= 0.6 is 11.6 Å². The minimum absolute atomic E-state index is 0.00654. The van der Waals surface area contributed by atoms with E-state index in [-0.39, 0.29) is 23.2 Å². The van der Waals surface area contributed by atoms with Crippen LogP contribution in [0.3, 0.4) is 0 Å². The highest BCUT2D eigenvalue weighted by Gasteiger charge is 2.39. The Kier molecular flexibility index (Phi) is 7.45. The number of rotatable bonds is 7. The van der Waals surface area contributed by atoms with E-state index in [1.165, 1.54) is 12.1 Å². The summed E-state index contributed by atoms with van der Waals surface area (Å²) in [4.78, 5) is 33.0. The molecule has 35 heavy (non-hydrogen) atoms. The van der Waals surface area contributed by atoms with Crippen molar-refractivity contribution in [1.29, 1.82) is 0 Å². The summed E-state index contributed by atoms with van der Waals surface area (Å²) in [5, 5.41) is 15.4. The van der Waals surface area contributed by atoms with Crippen molar-refractivity contribution in [3.63, 3.8) is 0 Å². The maximum atomic E-state index is 15.0. The van der Waals surface area contributed by atoms with Gasteiger partial charge in [0.05, 0.1) is 5.69 Å². The zero-order chi connectivity index (χ0) is 26.1. The van der Waals surface area contributed by atoms with E-state index < -0.39 is 53.6 Å². The van der Waals surface area contributed by atoms with E-state index in [2.05, 4.69) is 20.4 Å². The first-order valence-electron chi connectivity index (χ1n) is 10.1. The van der Waals surface area contributed by atoms with Gasteiger partial charge in [-0.3, -0.25) is 9.36 Å². The summed E-state index contributed by atoms with van der Waals surface area (Å²) in [6.07, 6.45) is -7.29. The Bertz CT molecular complexity index is 1320. The van der Waals surface area contributed by atoms with E-state index in [0.717, 1.165) is 4.57 Å². The van der Waals surface area contributed by atoms with E-state index in [4.69, 9.17) is 16.3 Å². The molecular weight excluding hydrogens is 500 g/mol. The molecule has 0 radical (unpaired) electrons. The largest absolute Gasteiger partial charge is 0.464 e. The molecule has 1 atom stereocenters. The molecule has 15 heteroatoms. The molecule has 0 aliphatic heterocycles. The summed E-state index contributed by atoms with van der Waals surface area (Å²) in [5.74, 6) is -4.23. The molecule has 0 aliphatic carbocycles. The zero-order valence-electron chi connectivity index (χ0n) is 18.5. The number of pyridine rings is 2. The van der Waals surface area contributed by atoms with Crippen LogP contribution in [0, 0.1) is 12.7 Å². The molecule has 3 aromatic heterocycles. The fourth-order valence-corrected chi connectivity index (χ4v) is 3.16. The average Bonchev–Trinajstić information content (AvgIpc) is 3.10. The van der Waals surface area contributed by atoms with E-state index >= 15 is 4.39 Å². The maximum absolute atomic E-state index is 15.0. The van der Waals surface area contributed by atoms with Crippen LogP contribution < -0.4 is 15.7 Å². The Balaban J connectivity index is 2.13. The van der Waals surface area contributed by atoms with Gasteiger partial charge in [0.25, 0.3) is 5.91 Å². The summed E-state index contributed by atoms with van der Waals surface area (Å²) < 4.78 is 60.8. The Morgan fingerprint density at radius 3 is 2.54 bits per heavy atom. The van der Waals surface area contributed by atoms with Gasteiger partial charge in [-0.15, -0.1) is 5.10 Å². The Labute approximate surface area is 200 Å². The fraction of sp³-hybridized carbons (Fsp3) is 0.350. The predicted octanol–water partition coefficient (Wildman–Crippen LogP) is 3.02. The Morgan fingerprint density at radius 1 is 1.31 bits per heavy atom. The zero-order valence-corrected chi connectivity index (χ0v) is 19.3. The van der Waals surface area contributed by atoms with Gasteiger partial charge in [0.15, 0.2) is 28.7 Å². The Hall–Kier alpha value is -3.52. The van der Waals surface area contributed by atoms with Crippen molar-refractivity contribution in [3.8, 4) is 11.7 Å². The van der Waals surface area contributed by atoms with E-state index in [0.29, 0.717) is 23.4 Å². The standard InChI is InChI=1S/C20H19ClF4N6O4/c1-4-30-14(8-32)29-31(19(30)34)16-12(22)7-11(18(28-16)35-10(3)20(23,24)25)17(33)27-13-6-5-9(2)26-15(13)21/h5-7,10,32H,4,8H2,1-3H3,(H,27,33)/t10-/m0/s1. The lowest BCUT2D eigenvalue weighted by molar-refractivity contribution is -0.190. The smallest absolute Gasteiger partial charge is 0.425 e. The topological polar surface area (TPSA) is 124 Å². The van der Waals surface area contributed by atoms with Gasteiger partial charge in [-0.25, -0.2) is 14.2 Å². The van der Waals surface area contributed by atoms with Crippen molar-refractivity contribution < 1.29 is 32.2 Å². The molecule has 0 fully saturated rings. The number of aliphatic hydroxyl groups excluding tert-OH is 1. The summed E-state index contributed by atoms with van der Waals surface area (Å²) in [6.45, 7) is 3.27. The van der Waals surface area contributed by atoms with Gasteiger partial charge >= 0.3 is 11.9 Å². The normalized spacial score (nSPS) is 12.5. The van der Waals surface area contributed by atoms with Gasteiger partial charge in [-0.2, -0.15) is 22.8 Å². The maximum Gasteiger partial charge on any atom is 0.425 e. The van der Waals surface area contributed by atoms with Crippen LogP contribution in [-0.4, -0.2) is 47.6 Å². The number of nitrogens with one attached hydrogen (secondary N) is 1. The highest BCUT2D eigenvalue weighted by molar-refractivity contribution is 6.32. The van der Waals surface area contributed by atoms with Crippen LogP contribution in [0.2, 0.25) is 5.15 Å². The third-order valence-electron chi connectivity index (χ3n) is 4.75. The lowest BCUT2D eigenvalue weighted by Crippen LogP contribution is -2.33. The van der Waals surface area contributed by atoms with Crippen molar-refractivity contribution in [1.82, 2.24) is 24.3 Å². The van der Waals surface area contributed by atoms with Crippen molar-refractivity contribution in [3.05, 3.63) is 56.7 Å². The third-order valence-corrected chi connectivity index (χ3v) is 5.04. The number of ether oxygens (including phenoxy) is 1. The quantitative estimate of drug-likeness (QED) is 0.364. The molecule has 10 nitrogen and oxygen atoms in total.